The van der Waals surface area contributed by atoms with E-state index in [0.717, 1.165) is 9.82 Å². The first-order valence-corrected chi connectivity index (χ1v) is 3.11. The lowest BCUT2D eigenvalue weighted by atomic mass is 10.1. The lowest BCUT2D eigenvalue weighted by molar-refractivity contribution is -0.499. The van der Waals surface area contributed by atoms with Crippen LogP contribution in [0, 0.1) is 10.1 Å². The molecule has 0 aromatic carbocycles. The summed E-state index contributed by atoms with van der Waals surface area (Å²) in [6.45, 7) is 3.69. The van der Waals surface area contributed by atoms with Crippen LogP contribution in [0.5, 0.6) is 0 Å². The molecule has 1 aliphatic rings. The van der Waals surface area contributed by atoms with Crippen LogP contribution in [0.3, 0.4) is 0 Å². The topological polar surface area (TPSA) is 46.4 Å². The normalized spacial score (nSPS) is 23.5. The van der Waals surface area contributed by atoms with Gasteiger partial charge in [0.2, 0.25) is 12.7 Å². The Labute approximate surface area is 59.3 Å². The fourth-order valence-corrected chi connectivity index (χ4v) is 0.840. The Kier molecular flexibility index (Phi) is 1.48. The van der Waals surface area contributed by atoms with Crippen LogP contribution >= 0.6 is 0 Å². The van der Waals surface area contributed by atoms with Gasteiger partial charge in [-0.15, -0.1) is 0 Å². The quantitative estimate of drug-likeness (QED) is 0.470. The minimum Gasteiger partial charge on any atom is -0.758 e. The molecule has 4 heteroatoms. The maximum Gasteiger partial charge on any atom is 0.236 e. The fraction of sp³-hybridized carbons (Fsp3) is 0.667. The van der Waals surface area contributed by atoms with Gasteiger partial charge in [-0.1, -0.05) is 0 Å². The maximum absolute atomic E-state index is 10.9. The molecule has 0 saturated heterocycles. The molecule has 1 rings (SSSR count). The van der Waals surface area contributed by atoms with Crippen LogP contribution in [0.4, 0.5) is 0 Å². The average molecular weight is 142 g/mol. The van der Waals surface area contributed by atoms with Crippen molar-refractivity contribution in [2.45, 2.75) is 19.4 Å². The Balaban J connectivity index is 2.82. The van der Waals surface area contributed by atoms with Gasteiger partial charge in [0.15, 0.2) is 0 Å². The number of nitrogens with zero attached hydrogens (tertiary/aromatic N) is 2. The van der Waals surface area contributed by atoms with Crippen molar-refractivity contribution in [1.82, 2.24) is 5.06 Å². The summed E-state index contributed by atoms with van der Waals surface area (Å²) in [5.74, 6) is 0. The van der Waals surface area contributed by atoms with Crippen molar-refractivity contribution in [3.05, 3.63) is 22.5 Å². The van der Waals surface area contributed by atoms with Gasteiger partial charge >= 0.3 is 0 Å². The van der Waals surface area contributed by atoms with Crippen molar-refractivity contribution in [1.29, 1.82) is 0 Å². The van der Waals surface area contributed by atoms with Gasteiger partial charge in [0, 0.05) is 9.67 Å². The van der Waals surface area contributed by atoms with E-state index in [0.29, 0.717) is 0 Å². The molecular formula is C6H10N2O2. The molecule has 0 atom stereocenters. The van der Waals surface area contributed by atoms with E-state index in [-0.39, 0.29) is 6.54 Å². The first-order chi connectivity index (χ1) is 4.52. The highest BCUT2D eigenvalue weighted by atomic mass is 16.5. The predicted octanol–water partition coefficient (Wildman–Crippen LogP) is 0.829. The molecule has 4 nitrogen and oxygen atoms in total. The van der Waals surface area contributed by atoms with Gasteiger partial charge in [-0.25, -0.2) is 0 Å². The van der Waals surface area contributed by atoms with Crippen molar-refractivity contribution < 1.29 is 4.76 Å². The summed E-state index contributed by atoms with van der Waals surface area (Å²) in [5, 5.41) is 11.7. The third kappa shape index (κ3) is 1.16. The van der Waals surface area contributed by atoms with Gasteiger partial charge in [0.1, 0.15) is 0 Å². The van der Waals surface area contributed by atoms with Crippen LogP contribution in [-0.4, -0.2) is 21.9 Å². The largest absolute Gasteiger partial charge is 0.758 e. The second-order valence-electron chi connectivity index (χ2n) is 3.01. The van der Waals surface area contributed by atoms with Gasteiger partial charge in [-0.3, -0.25) is 0 Å². The molecule has 0 spiro atoms. The highest BCUT2D eigenvalue weighted by Crippen LogP contribution is 2.17. The Bertz CT molecular complexity index is 186. The van der Waals surface area contributed by atoms with Crippen molar-refractivity contribution in [3.8, 4) is 0 Å². The molecule has 10 heavy (non-hydrogen) atoms. The number of rotatable bonds is 0. The minimum atomic E-state index is -0.587. The summed E-state index contributed by atoms with van der Waals surface area (Å²) in [4.78, 5) is 10.7. The second-order valence-corrected chi connectivity index (χ2v) is 3.01. The van der Waals surface area contributed by atoms with Crippen LogP contribution < -0.4 is 0 Å². The van der Waals surface area contributed by atoms with Gasteiger partial charge in [-0.05, 0) is 13.8 Å². The molecular weight excluding hydrogens is 132 g/mol. The van der Waals surface area contributed by atoms with Crippen LogP contribution in [0.25, 0.3) is 0 Å². The van der Waals surface area contributed by atoms with Crippen molar-refractivity contribution >= 4 is 0 Å². The van der Waals surface area contributed by atoms with E-state index in [1.165, 1.54) is 12.4 Å². The standard InChI is InChI=1S/C6H10N2O2/c1-6(2)5-7(9)3-4-8(6)10/h3-4H,5H2,1-2H3. The Morgan fingerprint density at radius 3 is 2.70 bits per heavy atom. The third-order valence-electron chi connectivity index (χ3n) is 1.51. The first-order valence-electron chi connectivity index (χ1n) is 3.11. The Morgan fingerprint density at radius 1 is 1.70 bits per heavy atom. The zero-order valence-corrected chi connectivity index (χ0v) is 6.07. The van der Waals surface area contributed by atoms with Crippen LogP contribution in [0.2, 0.25) is 0 Å². The molecule has 0 aliphatic carbocycles. The third-order valence-corrected chi connectivity index (χ3v) is 1.51. The summed E-state index contributed by atoms with van der Waals surface area (Å²) < 4.78 is 0.758. The molecule has 0 unspecified atom stereocenters. The van der Waals surface area contributed by atoms with Crippen molar-refractivity contribution in [2.75, 3.05) is 6.54 Å². The lowest BCUT2D eigenvalue weighted by Crippen LogP contribution is -2.45. The van der Waals surface area contributed by atoms with Crippen molar-refractivity contribution in [2.24, 2.45) is 0 Å². The highest BCUT2D eigenvalue weighted by molar-refractivity contribution is 4.92. The zero-order chi connectivity index (χ0) is 7.78. The minimum absolute atomic E-state index is 0.229. The monoisotopic (exact) mass is 142 g/mol. The highest BCUT2D eigenvalue weighted by Gasteiger charge is 2.29. The van der Waals surface area contributed by atoms with Crippen LogP contribution in [-0.2, 0) is 0 Å². The summed E-state index contributed by atoms with van der Waals surface area (Å²) in [6, 6.07) is 0. The molecule has 56 valence electrons. The number of hydroxylamine groups is 2. The van der Waals surface area contributed by atoms with E-state index in [2.05, 4.69) is 0 Å². The summed E-state index contributed by atoms with van der Waals surface area (Å²) in [6.07, 6.45) is 2.48. The molecule has 0 N–H and O–H groups in total. The maximum atomic E-state index is 10.9. The van der Waals surface area contributed by atoms with E-state index in [9.17, 15) is 10.1 Å². The van der Waals surface area contributed by atoms with E-state index in [1.54, 1.807) is 13.8 Å². The molecule has 0 bridgehead atoms. The van der Waals surface area contributed by atoms with Crippen molar-refractivity contribution in [3.63, 3.8) is 0 Å². The average Bonchev–Trinajstić information content (AvgIpc) is 1.78. The lowest BCUT2D eigenvalue weighted by Gasteiger charge is -2.40. The fourth-order valence-electron chi connectivity index (χ4n) is 0.840. The molecule has 0 amide bonds. The second kappa shape index (κ2) is 2.05. The van der Waals surface area contributed by atoms with E-state index < -0.39 is 5.54 Å². The molecule has 1 aliphatic heterocycles. The molecule has 0 aromatic rings. The molecule has 0 aromatic heterocycles. The summed E-state index contributed by atoms with van der Waals surface area (Å²) in [7, 11) is 0. The summed E-state index contributed by atoms with van der Waals surface area (Å²) in [5.41, 5.74) is -0.587. The van der Waals surface area contributed by atoms with Gasteiger partial charge < -0.3 is 10.3 Å². The smallest absolute Gasteiger partial charge is 0.236 e. The number of hydrogen-bond acceptors (Lipinski definition) is 3. The predicted molar refractivity (Wildman–Crippen MR) is 36.9 cm³/mol. The molecule has 0 saturated carbocycles. The molecule has 0 radical (unpaired) electrons. The van der Waals surface area contributed by atoms with Gasteiger partial charge in [0.05, 0.1) is 11.7 Å². The molecule has 0 fully saturated rings. The van der Waals surface area contributed by atoms with E-state index in [4.69, 9.17) is 0 Å². The zero-order valence-electron chi connectivity index (χ0n) is 6.07. The summed E-state index contributed by atoms with van der Waals surface area (Å²) >= 11 is 0. The Morgan fingerprint density at radius 2 is 2.30 bits per heavy atom. The van der Waals surface area contributed by atoms with E-state index in [1.807, 2.05) is 0 Å². The first kappa shape index (κ1) is 7.21. The van der Waals surface area contributed by atoms with Gasteiger partial charge in [-0.2, -0.15) is 0 Å². The van der Waals surface area contributed by atoms with Gasteiger partial charge in [0.25, 0.3) is 0 Å². The molecule has 1 heterocycles. The number of nitroso groups, excluding NO2 is 1. The Hall–Kier alpha value is -0.900. The SMILES string of the molecule is CC1(C)C[N+](=O)C=CN1[O-]. The van der Waals surface area contributed by atoms with Crippen LogP contribution in [0.1, 0.15) is 13.8 Å². The van der Waals surface area contributed by atoms with Crippen LogP contribution in [0.15, 0.2) is 12.4 Å². The van der Waals surface area contributed by atoms with E-state index >= 15 is 0 Å². The number of hydrogen-bond donors (Lipinski definition) is 0.